The van der Waals surface area contributed by atoms with Crippen molar-refractivity contribution in [3.05, 3.63) is 53.9 Å². The first kappa shape index (κ1) is 23.8. The molecular weight excluding hydrogens is 428 g/mol. The average Bonchev–Trinajstić information content (AvgIpc) is 3.20. The second kappa shape index (κ2) is 11.7. The van der Waals surface area contributed by atoms with Crippen LogP contribution in [-0.2, 0) is 6.54 Å². The van der Waals surface area contributed by atoms with Crippen LogP contribution in [0.5, 0.6) is 0 Å². The molecule has 1 aromatic carbocycles. The Morgan fingerprint density at radius 3 is 2.48 bits per heavy atom. The standard InChI is InChI=1S/C27H36N4OS/c1-3-16-30(17-4-2)26(32)23-12-10-21(11-13-23)19-31-25-18-28-15-14-24(25)29-27(31)33-20-22-8-6-5-7-9-22/h10-15,18,22H,3-9,16-17,19-20H2,1-2H3. The Morgan fingerprint density at radius 2 is 1.79 bits per heavy atom. The van der Waals surface area contributed by atoms with Crippen molar-refractivity contribution in [2.75, 3.05) is 18.8 Å². The fourth-order valence-electron chi connectivity index (χ4n) is 4.73. The van der Waals surface area contributed by atoms with Crippen molar-refractivity contribution in [3.63, 3.8) is 0 Å². The largest absolute Gasteiger partial charge is 0.339 e. The van der Waals surface area contributed by atoms with Crippen molar-refractivity contribution in [1.29, 1.82) is 0 Å². The predicted octanol–water partition coefficient (Wildman–Crippen LogP) is 6.41. The van der Waals surface area contributed by atoms with Gasteiger partial charge >= 0.3 is 0 Å². The third-order valence-corrected chi connectivity index (χ3v) is 7.71. The summed E-state index contributed by atoms with van der Waals surface area (Å²) in [6.45, 7) is 6.59. The van der Waals surface area contributed by atoms with Crippen molar-refractivity contribution in [2.45, 2.75) is 70.5 Å². The number of imidazole rings is 1. The number of aromatic nitrogens is 3. The van der Waals surface area contributed by atoms with E-state index in [1.807, 2.05) is 47.3 Å². The molecule has 0 atom stereocenters. The van der Waals surface area contributed by atoms with Crippen LogP contribution < -0.4 is 0 Å². The van der Waals surface area contributed by atoms with E-state index in [2.05, 4.69) is 35.5 Å². The summed E-state index contributed by atoms with van der Waals surface area (Å²) in [5.74, 6) is 2.07. The third-order valence-electron chi connectivity index (χ3n) is 6.50. The lowest BCUT2D eigenvalue weighted by molar-refractivity contribution is 0.0755. The molecule has 0 radical (unpaired) electrons. The molecule has 1 amide bonds. The molecule has 0 aliphatic heterocycles. The molecule has 33 heavy (non-hydrogen) atoms. The van der Waals surface area contributed by atoms with E-state index < -0.39 is 0 Å². The van der Waals surface area contributed by atoms with Crippen LogP contribution in [0.15, 0.2) is 47.9 Å². The maximum Gasteiger partial charge on any atom is 0.253 e. The zero-order chi connectivity index (χ0) is 23.0. The van der Waals surface area contributed by atoms with Gasteiger partial charge in [-0.2, -0.15) is 0 Å². The molecule has 2 aromatic heterocycles. The van der Waals surface area contributed by atoms with Crippen LogP contribution in [-0.4, -0.2) is 44.2 Å². The van der Waals surface area contributed by atoms with Gasteiger partial charge < -0.3 is 9.47 Å². The van der Waals surface area contributed by atoms with Crippen molar-refractivity contribution in [3.8, 4) is 0 Å². The minimum absolute atomic E-state index is 0.131. The van der Waals surface area contributed by atoms with Gasteiger partial charge in [0.25, 0.3) is 5.91 Å². The Kier molecular flexibility index (Phi) is 8.43. The van der Waals surface area contributed by atoms with Gasteiger partial charge in [-0.25, -0.2) is 4.98 Å². The van der Waals surface area contributed by atoms with E-state index in [-0.39, 0.29) is 5.91 Å². The number of carbonyl (C=O) groups excluding carboxylic acids is 1. The number of rotatable bonds is 10. The topological polar surface area (TPSA) is 51.0 Å². The quantitative estimate of drug-likeness (QED) is 0.325. The Hall–Kier alpha value is -2.34. The summed E-state index contributed by atoms with van der Waals surface area (Å²) in [5, 5.41) is 1.07. The summed E-state index contributed by atoms with van der Waals surface area (Å²) >= 11 is 1.88. The van der Waals surface area contributed by atoms with Gasteiger partial charge in [-0.05, 0) is 55.4 Å². The number of hydrogen-bond donors (Lipinski definition) is 0. The van der Waals surface area contributed by atoms with Crippen LogP contribution in [0, 0.1) is 5.92 Å². The molecule has 1 aliphatic rings. The van der Waals surface area contributed by atoms with Crippen LogP contribution in [0.2, 0.25) is 0 Å². The van der Waals surface area contributed by atoms with Gasteiger partial charge in [-0.3, -0.25) is 9.78 Å². The van der Waals surface area contributed by atoms with Gasteiger partial charge in [-0.15, -0.1) is 0 Å². The third kappa shape index (κ3) is 5.97. The number of carbonyl (C=O) groups is 1. The maximum absolute atomic E-state index is 12.9. The van der Waals surface area contributed by atoms with E-state index in [0.717, 1.165) is 65.9 Å². The molecular formula is C27H36N4OS. The smallest absolute Gasteiger partial charge is 0.253 e. The molecule has 0 unspecified atom stereocenters. The highest BCUT2D eigenvalue weighted by Gasteiger charge is 2.18. The molecule has 1 saturated carbocycles. The Balaban J connectivity index is 1.51. The normalized spacial score (nSPS) is 14.6. The van der Waals surface area contributed by atoms with E-state index in [0.29, 0.717) is 0 Å². The summed E-state index contributed by atoms with van der Waals surface area (Å²) in [6, 6.07) is 10.1. The van der Waals surface area contributed by atoms with Crippen LogP contribution in [0.3, 0.4) is 0 Å². The van der Waals surface area contributed by atoms with E-state index >= 15 is 0 Å². The molecule has 1 fully saturated rings. The molecule has 3 aromatic rings. The Bertz CT molecular complexity index is 1030. The molecule has 0 saturated heterocycles. The summed E-state index contributed by atoms with van der Waals surface area (Å²) in [4.78, 5) is 24.2. The van der Waals surface area contributed by atoms with Crippen LogP contribution in [0.25, 0.3) is 11.0 Å². The SMILES string of the molecule is CCCN(CCC)C(=O)c1ccc(Cn2c(SCC3CCCCC3)nc3ccncc32)cc1. The first-order valence-electron chi connectivity index (χ1n) is 12.5. The number of hydrogen-bond acceptors (Lipinski definition) is 4. The minimum Gasteiger partial charge on any atom is -0.339 e. The number of thioether (sulfide) groups is 1. The first-order valence-corrected chi connectivity index (χ1v) is 13.5. The molecule has 0 bridgehead atoms. The van der Waals surface area contributed by atoms with E-state index in [4.69, 9.17) is 4.98 Å². The highest BCUT2D eigenvalue weighted by Crippen LogP contribution is 2.31. The van der Waals surface area contributed by atoms with Crippen molar-refractivity contribution in [2.24, 2.45) is 5.92 Å². The lowest BCUT2D eigenvalue weighted by atomic mass is 9.91. The van der Waals surface area contributed by atoms with Gasteiger partial charge in [-0.1, -0.05) is 57.0 Å². The highest BCUT2D eigenvalue weighted by molar-refractivity contribution is 7.99. The number of amides is 1. The zero-order valence-electron chi connectivity index (χ0n) is 20.0. The first-order chi connectivity index (χ1) is 16.2. The van der Waals surface area contributed by atoms with E-state index in [1.165, 1.54) is 37.7 Å². The lowest BCUT2D eigenvalue weighted by Gasteiger charge is -2.21. The number of fused-ring (bicyclic) bond motifs is 1. The van der Waals surface area contributed by atoms with Gasteiger partial charge in [0.1, 0.15) is 0 Å². The Morgan fingerprint density at radius 1 is 1.06 bits per heavy atom. The summed E-state index contributed by atoms with van der Waals surface area (Å²) in [5.41, 5.74) is 4.01. The average molecular weight is 465 g/mol. The summed E-state index contributed by atoms with van der Waals surface area (Å²) in [6.07, 6.45) is 12.5. The van der Waals surface area contributed by atoms with Crippen LogP contribution in [0.1, 0.15) is 74.7 Å². The molecule has 176 valence electrons. The van der Waals surface area contributed by atoms with Crippen LogP contribution in [0.4, 0.5) is 0 Å². The molecule has 0 N–H and O–H groups in total. The second-order valence-electron chi connectivity index (χ2n) is 9.15. The van der Waals surface area contributed by atoms with Gasteiger partial charge in [0.05, 0.1) is 23.8 Å². The zero-order valence-corrected chi connectivity index (χ0v) is 20.8. The Labute approximate surface area is 202 Å². The van der Waals surface area contributed by atoms with Crippen molar-refractivity contribution < 1.29 is 4.79 Å². The van der Waals surface area contributed by atoms with Gasteiger partial charge in [0, 0.05) is 30.6 Å². The predicted molar refractivity (Wildman–Crippen MR) is 137 cm³/mol. The van der Waals surface area contributed by atoms with E-state index in [1.54, 1.807) is 0 Å². The van der Waals surface area contributed by atoms with E-state index in [9.17, 15) is 4.79 Å². The molecule has 1 aliphatic carbocycles. The second-order valence-corrected chi connectivity index (χ2v) is 10.1. The maximum atomic E-state index is 12.9. The fourth-order valence-corrected chi connectivity index (χ4v) is 5.93. The van der Waals surface area contributed by atoms with Gasteiger partial charge in [0.15, 0.2) is 5.16 Å². The van der Waals surface area contributed by atoms with Crippen molar-refractivity contribution in [1.82, 2.24) is 19.4 Å². The highest BCUT2D eigenvalue weighted by atomic mass is 32.2. The minimum atomic E-state index is 0.131. The molecule has 2 heterocycles. The summed E-state index contributed by atoms with van der Waals surface area (Å²) < 4.78 is 2.28. The number of benzene rings is 1. The molecule has 0 spiro atoms. The van der Waals surface area contributed by atoms with Crippen LogP contribution >= 0.6 is 11.8 Å². The monoisotopic (exact) mass is 464 g/mol. The molecule has 4 rings (SSSR count). The molecule has 6 heteroatoms. The van der Waals surface area contributed by atoms with Gasteiger partial charge in [0.2, 0.25) is 0 Å². The molecule has 5 nitrogen and oxygen atoms in total. The number of nitrogens with zero attached hydrogens (tertiary/aromatic N) is 4. The number of pyridine rings is 1. The summed E-state index contributed by atoms with van der Waals surface area (Å²) in [7, 11) is 0. The fraction of sp³-hybridized carbons (Fsp3) is 0.519. The van der Waals surface area contributed by atoms with Crippen molar-refractivity contribution >= 4 is 28.7 Å². The lowest BCUT2D eigenvalue weighted by Crippen LogP contribution is -2.32.